The van der Waals surface area contributed by atoms with Gasteiger partial charge in [0, 0.05) is 62.8 Å². The van der Waals surface area contributed by atoms with Gasteiger partial charge < -0.3 is 35.8 Å². The van der Waals surface area contributed by atoms with Gasteiger partial charge in [-0.15, -0.1) is 0 Å². The van der Waals surface area contributed by atoms with Gasteiger partial charge in [-0.05, 0) is 84.1 Å². The Balaban J connectivity index is 1.03. The number of amides is 2. The number of para-hydroxylation sites is 2. The number of rotatable bonds is 18. The van der Waals surface area contributed by atoms with Crippen LogP contribution in [0.3, 0.4) is 0 Å². The highest BCUT2D eigenvalue weighted by atomic mass is 16.7. The molecule has 0 radical (unpaired) electrons. The maximum atomic E-state index is 12.7. The van der Waals surface area contributed by atoms with Crippen LogP contribution in [-0.2, 0) is 38.6 Å². The highest BCUT2D eigenvalue weighted by Gasteiger charge is 2.33. The molecule has 4 aromatic carbocycles. The van der Waals surface area contributed by atoms with Crippen molar-refractivity contribution in [1.29, 1.82) is 0 Å². The first-order chi connectivity index (χ1) is 27.3. The fourth-order valence-electron chi connectivity index (χ4n) is 6.91. The molecule has 1 fully saturated rings. The molecular weight excluding hydrogens is 703 g/mol. The van der Waals surface area contributed by atoms with Crippen LogP contribution in [0.4, 0.5) is 11.4 Å². The molecule has 10 heteroatoms. The summed E-state index contributed by atoms with van der Waals surface area (Å²) in [4.78, 5) is 31.7. The molecule has 3 atom stereocenters. The van der Waals surface area contributed by atoms with Gasteiger partial charge in [0.1, 0.15) is 0 Å². The highest BCUT2D eigenvalue weighted by molar-refractivity contribution is 5.93. The zero-order valence-electron chi connectivity index (χ0n) is 32.1. The molecule has 0 bridgehead atoms. The molecule has 1 aliphatic rings. The van der Waals surface area contributed by atoms with Crippen molar-refractivity contribution in [1.82, 2.24) is 15.2 Å². The molecule has 1 aliphatic heterocycles. The quantitative estimate of drug-likeness (QED) is 0.0526. The Labute approximate surface area is 330 Å². The molecule has 3 unspecified atom stereocenters. The normalized spacial score (nSPS) is 16.7. The Morgan fingerprint density at radius 2 is 1.55 bits per heavy atom. The molecule has 5 aromatic rings. The van der Waals surface area contributed by atoms with Crippen LogP contribution in [0.5, 0.6) is 0 Å². The molecule has 1 saturated heterocycles. The average Bonchev–Trinajstić information content (AvgIpc) is 3.23. The lowest BCUT2D eigenvalue weighted by molar-refractivity contribution is -0.252. The van der Waals surface area contributed by atoms with Gasteiger partial charge in [0.2, 0.25) is 11.8 Å². The third-order valence-electron chi connectivity index (χ3n) is 10.1. The molecule has 10 nitrogen and oxygen atoms in total. The molecule has 5 N–H and O–H groups in total. The standard InChI is InChI=1S/C46H53N5O5/c1-51(26-24-39-15-7-8-25-48-39)31-40-29-43(35-22-20-33(32-52)21-23-35)56-46(55-40)38-14-10-13-37(28-38)36-12-9-11-34(27-36)30-49-44(53)18-3-2-4-19-45(54)50-42-17-6-5-16-41(42)47/h5-17,20-23,25,27-28,40,43,46,52H,2-4,18-19,24,26,29-32,47H2,1H3,(H,49,53)(H,50,54). The van der Waals surface area contributed by atoms with Crippen LogP contribution in [0, 0.1) is 0 Å². The lowest BCUT2D eigenvalue weighted by Gasteiger charge is -2.38. The lowest BCUT2D eigenvalue weighted by Crippen LogP contribution is -2.38. The van der Waals surface area contributed by atoms with Crippen LogP contribution in [0.2, 0.25) is 0 Å². The topological polar surface area (TPSA) is 139 Å². The van der Waals surface area contributed by atoms with E-state index < -0.39 is 6.29 Å². The summed E-state index contributed by atoms with van der Waals surface area (Å²) in [6.45, 7) is 2.02. The average molecular weight is 756 g/mol. The molecular formula is C46H53N5O5. The Morgan fingerprint density at radius 1 is 0.804 bits per heavy atom. The van der Waals surface area contributed by atoms with Crippen molar-refractivity contribution < 1.29 is 24.2 Å². The van der Waals surface area contributed by atoms with Gasteiger partial charge >= 0.3 is 0 Å². The van der Waals surface area contributed by atoms with E-state index in [2.05, 4.69) is 57.9 Å². The number of ether oxygens (including phenoxy) is 2. The van der Waals surface area contributed by atoms with Gasteiger partial charge in [-0.2, -0.15) is 0 Å². The second kappa shape index (κ2) is 20.5. The number of aliphatic hydroxyl groups excluding tert-OH is 1. The summed E-state index contributed by atoms with van der Waals surface area (Å²) in [6, 6.07) is 37.6. The number of carbonyl (C=O) groups excluding carboxylic acids is 2. The number of pyridine rings is 1. The minimum atomic E-state index is -0.570. The molecule has 0 spiro atoms. The number of nitrogen functional groups attached to an aromatic ring is 1. The number of aliphatic hydroxyl groups is 1. The maximum Gasteiger partial charge on any atom is 0.224 e. The van der Waals surface area contributed by atoms with E-state index in [4.69, 9.17) is 15.2 Å². The maximum absolute atomic E-state index is 12.7. The highest BCUT2D eigenvalue weighted by Crippen LogP contribution is 2.39. The zero-order chi connectivity index (χ0) is 39.1. The number of aromatic nitrogens is 1. The van der Waals surface area contributed by atoms with Gasteiger partial charge in [0.25, 0.3) is 0 Å². The fraction of sp³-hybridized carbons (Fsp3) is 0.326. The Morgan fingerprint density at radius 3 is 2.32 bits per heavy atom. The first-order valence-corrected chi connectivity index (χ1v) is 19.5. The minimum Gasteiger partial charge on any atom is -0.397 e. The number of anilines is 2. The van der Waals surface area contributed by atoms with Crippen molar-refractivity contribution in [2.75, 3.05) is 31.2 Å². The van der Waals surface area contributed by atoms with E-state index in [1.165, 1.54) is 0 Å². The van der Waals surface area contributed by atoms with E-state index in [-0.39, 0.29) is 30.6 Å². The summed E-state index contributed by atoms with van der Waals surface area (Å²) in [7, 11) is 2.12. The molecule has 1 aromatic heterocycles. The predicted molar refractivity (Wildman–Crippen MR) is 220 cm³/mol. The minimum absolute atomic E-state index is 0.00282. The third kappa shape index (κ3) is 12.1. The van der Waals surface area contributed by atoms with Crippen LogP contribution >= 0.6 is 0 Å². The monoisotopic (exact) mass is 755 g/mol. The first kappa shape index (κ1) is 40.3. The van der Waals surface area contributed by atoms with Crippen molar-refractivity contribution in [3.05, 3.63) is 149 Å². The molecule has 2 heterocycles. The molecule has 0 saturated carbocycles. The summed E-state index contributed by atoms with van der Waals surface area (Å²) in [5, 5.41) is 15.5. The molecule has 56 heavy (non-hydrogen) atoms. The smallest absolute Gasteiger partial charge is 0.224 e. The number of carbonyl (C=O) groups is 2. The van der Waals surface area contributed by atoms with Crippen molar-refractivity contribution in [2.45, 2.75) is 76.6 Å². The van der Waals surface area contributed by atoms with Crippen LogP contribution in [0.15, 0.2) is 121 Å². The number of nitrogens with zero attached hydrogens (tertiary/aromatic N) is 2. The Bertz CT molecular complexity index is 2010. The summed E-state index contributed by atoms with van der Waals surface area (Å²) in [5.41, 5.74) is 14.1. The van der Waals surface area contributed by atoms with E-state index >= 15 is 0 Å². The van der Waals surface area contributed by atoms with E-state index in [9.17, 15) is 14.7 Å². The second-order valence-electron chi connectivity index (χ2n) is 14.5. The summed E-state index contributed by atoms with van der Waals surface area (Å²) >= 11 is 0. The van der Waals surface area contributed by atoms with Crippen LogP contribution in [0.1, 0.15) is 78.9 Å². The molecule has 2 amide bonds. The SMILES string of the molecule is CN(CCc1ccccn1)CC1CC(c2ccc(CO)cc2)OC(c2cccc(-c3cccc(CNC(=O)CCCCCC(=O)Nc4ccccc4N)c3)c2)O1. The number of nitrogens with one attached hydrogen (secondary N) is 2. The van der Waals surface area contributed by atoms with Crippen molar-refractivity contribution in [3.8, 4) is 11.1 Å². The van der Waals surface area contributed by atoms with Crippen molar-refractivity contribution in [3.63, 3.8) is 0 Å². The van der Waals surface area contributed by atoms with Gasteiger partial charge in [-0.25, -0.2) is 0 Å². The Kier molecular flexibility index (Phi) is 14.7. The lowest BCUT2D eigenvalue weighted by atomic mass is 9.98. The van der Waals surface area contributed by atoms with Crippen LogP contribution in [0.25, 0.3) is 11.1 Å². The number of hydrogen-bond acceptors (Lipinski definition) is 8. The number of hydrogen-bond donors (Lipinski definition) is 4. The first-order valence-electron chi connectivity index (χ1n) is 19.5. The third-order valence-corrected chi connectivity index (χ3v) is 10.1. The predicted octanol–water partition coefficient (Wildman–Crippen LogP) is 7.75. The number of unbranched alkanes of at least 4 members (excludes halogenated alkanes) is 2. The molecule has 6 rings (SSSR count). The van der Waals surface area contributed by atoms with Crippen LogP contribution in [-0.4, -0.2) is 53.0 Å². The summed E-state index contributed by atoms with van der Waals surface area (Å²) < 4.78 is 13.3. The van der Waals surface area contributed by atoms with Gasteiger partial charge in [-0.3, -0.25) is 14.6 Å². The number of benzene rings is 4. The largest absolute Gasteiger partial charge is 0.397 e. The van der Waals surface area contributed by atoms with E-state index in [1.807, 2.05) is 79.0 Å². The zero-order valence-corrected chi connectivity index (χ0v) is 32.1. The van der Waals surface area contributed by atoms with Crippen molar-refractivity contribution >= 4 is 23.2 Å². The van der Waals surface area contributed by atoms with Gasteiger partial charge in [0.15, 0.2) is 6.29 Å². The Hall–Kier alpha value is -5.39. The number of likely N-dealkylation sites (N-methyl/N-ethyl adjacent to an activating group) is 1. The van der Waals surface area contributed by atoms with Gasteiger partial charge in [0.05, 0.1) is 30.2 Å². The summed E-state index contributed by atoms with van der Waals surface area (Å²) in [5.74, 6) is -0.0887. The van der Waals surface area contributed by atoms with E-state index in [0.29, 0.717) is 50.0 Å². The van der Waals surface area contributed by atoms with Crippen LogP contribution < -0.4 is 16.4 Å². The van der Waals surface area contributed by atoms with E-state index in [0.717, 1.165) is 65.0 Å². The van der Waals surface area contributed by atoms with Crippen molar-refractivity contribution in [2.24, 2.45) is 0 Å². The second-order valence-corrected chi connectivity index (χ2v) is 14.5. The summed E-state index contributed by atoms with van der Waals surface area (Å²) in [6.07, 6.45) is 5.56. The molecule has 0 aliphatic carbocycles. The molecule has 292 valence electrons. The number of nitrogens with two attached hydrogens (primary N) is 1. The van der Waals surface area contributed by atoms with Gasteiger partial charge in [-0.1, -0.05) is 85.3 Å². The van der Waals surface area contributed by atoms with E-state index in [1.54, 1.807) is 12.1 Å². The fourth-order valence-corrected chi connectivity index (χ4v) is 6.91.